The highest BCUT2D eigenvalue weighted by Crippen LogP contribution is 2.20. The first-order valence-corrected chi connectivity index (χ1v) is 5.00. The number of nitrogens with zero attached hydrogens (tertiary/aromatic N) is 5. The van der Waals surface area contributed by atoms with Crippen molar-refractivity contribution in [2.75, 3.05) is 11.9 Å². The summed E-state index contributed by atoms with van der Waals surface area (Å²) in [5.41, 5.74) is 6.99. The summed E-state index contributed by atoms with van der Waals surface area (Å²) in [7, 11) is 3.62. The molecule has 3 N–H and O–H groups in total. The summed E-state index contributed by atoms with van der Waals surface area (Å²) in [4.78, 5) is 1.83. The minimum absolute atomic E-state index is 0.0383. The first kappa shape index (κ1) is 11.1. The quantitative estimate of drug-likeness (QED) is 0.583. The minimum atomic E-state index is 0.0383. The molecule has 0 bridgehead atoms. The highest BCUT2D eigenvalue weighted by molar-refractivity contribution is 5.95. The first-order valence-electron chi connectivity index (χ1n) is 5.00. The molecule has 0 aliphatic rings. The number of hydrogen-bond donors (Lipinski definition) is 2. The summed E-state index contributed by atoms with van der Waals surface area (Å²) in [6, 6.07) is 7.35. The van der Waals surface area contributed by atoms with Crippen molar-refractivity contribution in [2.24, 2.45) is 12.8 Å². The molecule has 0 radical (unpaired) electrons. The Balaban J connectivity index is 2.37. The average molecular weight is 231 g/mol. The maximum Gasteiger partial charge on any atom is 0.249 e. The molecule has 0 saturated carbocycles. The number of benzene rings is 1. The van der Waals surface area contributed by atoms with Gasteiger partial charge in [-0.1, -0.05) is 17.2 Å². The van der Waals surface area contributed by atoms with E-state index in [1.165, 1.54) is 0 Å². The summed E-state index contributed by atoms with van der Waals surface area (Å²) in [6.45, 7) is 0. The lowest BCUT2D eigenvalue weighted by molar-refractivity contribution is 0.708. The van der Waals surface area contributed by atoms with E-state index in [1.807, 2.05) is 30.1 Å². The maximum absolute atomic E-state index is 7.40. The van der Waals surface area contributed by atoms with E-state index in [4.69, 9.17) is 11.1 Å². The molecule has 0 spiro atoms. The predicted octanol–water partition coefficient (Wildman–Crippen LogP) is 0.262. The van der Waals surface area contributed by atoms with Crippen LogP contribution < -0.4 is 10.6 Å². The van der Waals surface area contributed by atoms with Crippen molar-refractivity contribution in [3.63, 3.8) is 0 Å². The van der Waals surface area contributed by atoms with Crippen LogP contribution in [0.5, 0.6) is 0 Å². The van der Waals surface area contributed by atoms with Gasteiger partial charge in [-0.2, -0.15) is 0 Å². The minimum Gasteiger partial charge on any atom is -0.384 e. The number of nitrogen functional groups attached to an aromatic ring is 1. The molecule has 1 aromatic heterocycles. The van der Waals surface area contributed by atoms with Crippen molar-refractivity contribution < 1.29 is 0 Å². The molecule has 17 heavy (non-hydrogen) atoms. The molecule has 0 fully saturated rings. The van der Waals surface area contributed by atoms with E-state index in [-0.39, 0.29) is 5.84 Å². The van der Waals surface area contributed by atoms with E-state index in [0.717, 1.165) is 5.69 Å². The van der Waals surface area contributed by atoms with E-state index in [2.05, 4.69) is 15.5 Å². The van der Waals surface area contributed by atoms with Crippen molar-refractivity contribution in [3.05, 3.63) is 29.8 Å². The monoisotopic (exact) mass is 231 g/mol. The Morgan fingerprint density at radius 2 is 2.24 bits per heavy atom. The Bertz CT molecular complexity index is 545. The zero-order valence-electron chi connectivity index (χ0n) is 9.62. The summed E-state index contributed by atoms with van der Waals surface area (Å²) in [5, 5.41) is 18.7. The normalized spacial score (nSPS) is 10.2. The topological polar surface area (TPSA) is 96.7 Å². The fourth-order valence-electron chi connectivity index (χ4n) is 1.51. The Hall–Kier alpha value is -2.44. The van der Waals surface area contributed by atoms with Gasteiger partial charge in [0.25, 0.3) is 0 Å². The van der Waals surface area contributed by atoms with Gasteiger partial charge in [-0.15, -0.1) is 0 Å². The van der Waals surface area contributed by atoms with Gasteiger partial charge in [-0.25, -0.2) is 4.68 Å². The number of nitrogens with two attached hydrogens (primary N) is 1. The second-order valence-corrected chi connectivity index (χ2v) is 3.63. The van der Waals surface area contributed by atoms with E-state index < -0.39 is 0 Å². The molecule has 88 valence electrons. The van der Waals surface area contributed by atoms with Gasteiger partial charge in [0.2, 0.25) is 5.95 Å². The fourth-order valence-corrected chi connectivity index (χ4v) is 1.51. The number of hydrogen-bond acceptors (Lipinski definition) is 5. The first-order chi connectivity index (χ1) is 8.09. The van der Waals surface area contributed by atoms with Crippen molar-refractivity contribution in [1.29, 1.82) is 5.41 Å². The third-order valence-corrected chi connectivity index (χ3v) is 2.44. The molecule has 7 nitrogen and oxygen atoms in total. The number of nitrogens with one attached hydrogen (secondary N) is 1. The Labute approximate surface area is 98.4 Å². The summed E-state index contributed by atoms with van der Waals surface area (Å²) < 4.78 is 1.57. The zero-order chi connectivity index (χ0) is 12.4. The maximum atomic E-state index is 7.40. The van der Waals surface area contributed by atoms with Gasteiger partial charge in [-0.3, -0.25) is 5.41 Å². The smallest absolute Gasteiger partial charge is 0.249 e. The van der Waals surface area contributed by atoms with Gasteiger partial charge in [0.1, 0.15) is 5.84 Å². The van der Waals surface area contributed by atoms with Gasteiger partial charge in [0.15, 0.2) is 0 Å². The van der Waals surface area contributed by atoms with Crippen LogP contribution in [-0.4, -0.2) is 33.1 Å². The largest absolute Gasteiger partial charge is 0.384 e. The molecule has 0 aliphatic carbocycles. The fraction of sp³-hybridized carbons (Fsp3) is 0.200. The molecule has 0 amide bonds. The lowest BCUT2D eigenvalue weighted by Crippen LogP contribution is -2.16. The lowest BCUT2D eigenvalue weighted by Gasteiger charge is -2.17. The van der Waals surface area contributed by atoms with Gasteiger partial charge in [0, 0.05) is 25.3 Å². The van der Waals surface area contributed by atoms with Crippen LogP contribution in [0, 0.1) is 5.41 Å². The molecular formula is C10H13N7. The van der Waals surface area contributed by atoms with Gasteiger partial charge in [0.05, 0.1) is 0 Å². The number of amidine groups is 1. The van der Waals surface area contributed by atoms with Crippen LogP contribution in [0.4, 0.5) is 11.6 Å². The number of aromatic nitrogens is 4. The molecular weight excluding hydrogens is 218 g/mol. The van der Waals surface area contributed by atoms with E-state index in [0.29, 0.717) is 11.5 Å². The number of tetrazole rings is 1. The van der Waals surface area contributed by atoms with Gasteiger partial charge >= 0.3 is 0 Å². The van der Waals surface area contributed by atoms with Crippen molar-refractivity contribution in [1.82, 2.24) is 20.2 Å². The standard InChI is InChI=1S/C10H13N7/c1-16(10-13-14-15-17(10)2)8-5-3-4-7(6-8)9(11)12/h3-6H,1-2H3,(H3,11,12). The average Bonchev–Trinajstić information content (AvgIpc) is 2.74. The van der Waals surface area contributed by atoms with Crippen molar-refractivity contribution in [3.8, 4) is 0 Å². The van der Waals surface area contributed by atoms with Gasteiger partial charge in [-0.05, 0) is 22.6 Å². The highest BCUT2D eigenvalue weighted by Gasteiger charge is 2.11. The molecule has 0 unspecified atom stereocenters. The van der Waals surface area contributed by atoms with Crippen LogP contribution in [0.25, 0.3) is 0 Å². The molecule has 0 atom stereocenters. The van der Waals surface area contributed by atoms with Crippen LogP contribution >= 0.6 is 0 Å². The Morgan fingerprint density at radius 3 is 2.82 bits per heavy atom. The number of aryl methyl sites for hydroxylation is 1. The van der Waals surface area contributed by atoms with E-state index in [1.54, 1.807) is 17.8 Å². The molecule has 0 saturated heterocycles. The molecule has 2 aromatic rings. The molecule has 1 aromatic carbocycles. The second kappa shape index (κ2) is 4.20. The van der Waals surface area contributed by atoms with Crippen LogP contribution in [-0.2, 0) is 7.05 Å². The Morgan fingerprint density at radius 1 is 1.47 bits per heavy atom. The van der Waals surface area contributed by atoms with Crippen LogP contribution in [0.3, 0.4) is 0 Å². The second-order valence-electron chi connectivity index (χ2n) is 3.63. The molecule has 7 heteroatoms. The zero-order valence-corrected chi connectivity index (χ0v) is 9.62. The Kier molecular flexibility index (Phi) is 2.73. The predicted molar refractivity (Wildman–Crippen MR) is 64.3 cm³/mol. The van der Waals surface area contributed by atoms with E-state index >= 15 is 0 Å². The SMILES string of the molecule is CN(c1cccc(C(=N)N)c1)c1nnnn1C. The molecule has 0 aliphatic heterocycles. The third kappa shape index (κ3) is 2.07. The van der Waals surface area contributed by atoms with Gasteiger partial charge < -0.3 is 10.6 Å². The third-order valence-electron chi connectivity index (χ3n) is 2.44. The number of rotatable bonds is 3. The molecule has 1 heterocycles. The summed E-state index contributed by atoms with van der Waals surface area (Å²) >= 11 is 0. The van der Waals surface area contributed by atoms with Crippen LogP contribution in [0.15, 0.2) is 24.3 Å². The lowest BCUT2D eigenvalue weighted by atomic mass is 10.2. The molecule has 2 rings (SSSR count). The van der Waals surface area contributed by atoms with E-state index in [9.17, 15) is 0 Å². The van der Waals surface area contributed by atoms with Crippen LogP contribution in [0.2, 0.25) is 0 Å². The number of anilines is 2. The van der Waals surface area contributed by atoms with Crippen molar-refractivity contribution >= 4 is 17.5 Å². The van der Waals surface area contributed by atoms with Crippen LogP contribution in [0.1, 0.15) is 5.56 Å². The summed E-state index contributed by atoms with van der Waals surface area (Å²) in [6.07, 6.45) is 0. The van der Waals surface area contributed by atoms with Crippen molar-refractivity contribution in [2.45, 2.75) is 0 Å². The highest BCUT2D eigenvalue weighted by atomic mass is 15.6. The summed E-state index contributed by atoms with van der Waals surface area (Å²) in [5.74, 6) is 0.655.